The second-order valence-corrected chi connectivity index (χ2v) is 6.75. The minimum absolute atomic E-state index is 0.0709. The first kappa shape index (κ1) is 15.0. The maximum atomic E-state index is 11.8. The first-order chi connectivity index (χ1) is 8.31. The highest BCUT2D eigenvalue weighted by molar-refractivity contribution is 7.90. The van der Waals surface area contributed by atoms with Gasteiger partial charge in [0.15, 0.2) is 0 Å². The Morgan fingerprint density at radius 3 is 2.33 bits per heavy atom. The van der Waals surface area contributed by atoms with Crippen LogP contribution in [0.5, 0.6) is 0 Å². The van der Waals surface area contributed by atoms with Gasteiger partial charge in [-0.3, -0.25) is 4.79 Å². The molecule has 0 aliphatic rings. The molecule has 0 aliphatic carbocycles. The summed E-state index contributed by atoms with van der Waals surface area (Å²) < 4.78 is 22.2. The van der Waals surface area contributed by atoms with Crippen molar-refractivity contribution >= 4 is 27.3 Å². The minimum Gasteiger partial charge on any atom is -0.349 e. The van der Waals surface area contributed by atoms with Gasteiger partial charge in [0.25, 0.3) is 5.91 Å². The number of alkyl halides is 1. The molecule has 0 aromatic heterocycles. The molecule has 18 heavy (non-hydrogen) atoms. The van der Waals surface area contributed by atoms with Gasteiger partial charge in [-0.25, -0.2) is 8.42 Å². The van der Waals surface area contributed by atoms with Gasteiger partial charge < -0.3 is 5.32 Å². The molecule has 1 unspecified atom stereocenters. The quantitative estimate of drug-likeness (QED) is 0.837. The van der Waals surface area contributed by atoms with Crippen LogP contribution in [0.25, 0.3) is 0 Å². The molecule has 0 radical (unpaired) electrons. The second kappa shape index (κ2) is 6.20. The number of nitrogens with one attached hydrogen (secondary N) is 1. The van der Waals surface area contributed by atoms with Gasteiger partial charge in [0.05, 0.1) is 5.75 Å². The summed E-state index contributed by atoms with van der Waals surface area (Å²) in [5.41, 5.74) is 1.42. The zero-order chi connectivity index (χ0) is 13.8. The van der Waals surface area contributed by atoms with Crippen LogP contribution in [0.15, 0.2) is 24.3 Å². The first-order valence-electron chi connectivity index (χ1n) is 5.45. The van der Waals surface area contributed by atoms with Crippen molar-refractivity contribution in [1.29, 1.82) is 0 Å². The van der Waals surface area contributed by atoms with Crippen LogP contribution >= 0.6 is 11.6 Å². The van der Waals surface area contributed by atoms with Crippen LogP contribution < -0.4 is 5.32 Å². The van der Waals surface area contributed by atoms with Crippen LogP contribution in [-0.2, 0) is 15.7 Å². The Kier molecular flexibility index (Phi) is 5.16. The Morgan fingerprint density at radius 1 is 1.33 bits per heavy atom. The average Bonchev–Trinajstić information content (AvgIpc) is 2.26. The van der Waals surface area contributed by atoms with E-state index in [1.165, 1.54) is 0 Å². The van der Waals surface area contributed by atoms with Gasteiger partial charge in [-0.15, -0.1) is 11.6 Å². The van der Waals surface area contributed by atoms with Crippen molar-refractivity contribution in [3.05, 3.63) is 35.4 Å². The highest BCUT2D eigenvalue weighted by Crippen LogP contribution is 2.07. The Bertz CT molecular complexity index is 511. The van der Waals surface area contributed by atoms with Crippen LogP contribution in [0.2, 0.25) is 0 Å². The third-order valence-electron chi connectivity index (χ3n) is 2.30. The smallest absolute Gasteiger partial charge is 0.251 e. The predicted molar refractivity (Wildman–Crippen MR) is 72.6 cm³/mol. The molecule has 1 amide bonds. The van der Waals surface area contributed by atoms with Crippen LogP contribution in [-0.4, -0.2) is 32.4 Å². The number of carbonyl (C=O) groups is 1. The molecule has 4 nitrogen and oxygen atoms in total. The number of sulfone groups is 1. The van der Waals surface area contributed by atoms with Crippen molar-refractivity contribution < 1.29 is 13.2 Å². The fourth-order valence-electron chi connectivity index (χ4n) is 1.55. The Hall–Kier alpha value is -1.07. The predicted octanol–water partition coefficient (Wildman–Crippen LogP) is 1.59. The van der Waals surface area contributed by atoms with Crippen molar-refractivity contribution in [1.82, 2.24) is 5.32 Å². The lowest BCUT2D eigenvalue weighted by atomic mass is 10.1. The number of hydrogen-bond acceptors (Lipinski definition) is 3. The molecule has 1 aromatic rings. The molecule has 1 atom stereocenters. The summed E-state index contributed by atoms with van der Waals surface area (Å²) >= 11 is 5.65. The molecule has 6 heteroatoms. The summed E-state index contributed by atoms with van der Waals surface area (Å²) in [5, 5.41) is 2.64. The van der Waals surface area contributed by atoms with E-state index in [1.807, 2.05) is 0 Å². The maximum absolute atomic E-state index is 11.8. The van der Waals surface area contributed by atoms with Crippen molar-refractivity contribution in [2.75, 3.05) is 12.0 Å². The van der Waals surface area contributed by atoms with Crippen molar-refractivity contribution in [2.24, 2.45) is 0 Å². The van der Waals surface area contributed by atoms with Gasteiger partial charge in [-0.2, -0.15) is 0 Å². The van der Waals surface area contributed by atoms with Crippen molar-refractivity contribution in [3.8, 4) is 0 Å². The molecule has 0 heterocycles. The third-order valence-corrected chi connectivity index (χ3v) is 3.71. The topological polar surface area (TPSA) is 63.2 Å². The fourth-order valence-corrected chi connectivity index (χ4v) is 2.72. The number of halogens is 1. The highest BCUT2D eigenvalue weighted by Gasteiger charge is 2.14. The minimum atomic E-state index is -3.09. The van der Waals surface area contributed by atoms with Gasteiger partial charge in [0.2, 0.25) is 0 Å². The van der Waals surface area contributed by atoms with Gasteiger partial charge in [-0.1, -0.05) is 12.1 Å². The molecular formula is C12H16ClNO3S. The van der Waals surface area contributed by atoms with Gasteiger partial charge in [0, 0.05) is 23.7 Å². The second-order valence-electron chi connectivity index (χ2n) is 4.30. The number of amides is 1. The normalized spacial score (nSPS) is 13.1. The number of hydrogen-bond donors (Lipinski definition) is 1. The lowest BCUT2D eigenvalue weighted by Gasteiger charge is -2.12. The summed E-state index contributed by atoms with van der Waals surface area (Å²) in [7, 11) is -3.09. The Balaban J connectivity index is 2.64. The van der Waals surface area contributed by atoms with E-state index in [9.17, 15) is 13.2 Å². The first-order valence-corrected chi connectivity index (χ1v) is 8.05. The molecule has 0 spiro atoms. The van der Waals surface area contributed by atoms with Gasteiger partial charge in [-0.05, 0) is 24.6 Å². The number of rotatable bonds is 5. The third kappa shape index (κ3) is 5.06. The molecule has 1 rings (SSSR count). The standard InChI is InChI=1S/C12H16ClNO3S/c1-9(8-18(2,16)17)14-12(15)11-5-3-10(7-13)4-6-11/h3-6,9H,7-8H2,1-2H3,(H,14,15). The van der Waals surface area contributed by atoms with E-state index in [0.29, 0.717) is 11.4 Å². The van der Waals surface area contributed by atoms with E-state index in [2.05, 4.69) is 5.32 Å². The molecule has 0 aliphatic heterocycles. The van der Waals surface area contributed by atoms with E-state index < -0.39 is 15.9 Å². The number of carbonyl (C=O) groups excluding carboxylic acids is 1. The molecule has 100 valence electrons. The van der Waals surface area contributed by atoms with Crippen LogP contribution in [0.3, 0.4) is 0 Å². The summed E-state index contributed by atoms with van der Waals surface area (Å²) in [6, 6.07) is 6.45. The number of benzene rings is 1. The molecular weight excluding hydrogens is 274 g/mol. The Morgan fingerprint density at radius 2 is 1.89 bits per heavy atom. The largest absolute Gasteiger partial charge is 0.349 e. The summed E-state index contributed by atoms with van der Waals surface area (Å²) in [6.45, 7) is 1.66. The molecule has 0 fully saturated rings. The average molecular weight is 290 g/mol. The summed E-state index contributed by atoms with van der Waals surface area (Å²) in [6.07, 6.45) is 1.14. The molecule has 1 N–H and O–H groups in total. The van der Waals surface area contributed by atoms with E-state index in [0.717, 1.165) is 11.8 Å². The highest BCUT2D eigenvalue weighted by atomic mass is 35.5. The lowest BCUT2D eigenvalue weighted by Crippen LogP contribution is -2.37. The molecule has 1 aromatic carbocycles. The van der Waals surface area contributed by atoms with E-state index in [-0.39, 0.29) is 11.7 Å². The monoisotopic (exact) mass is 289 g/mol. The van der Waals surface area contributed by atoms with Crippen LogP contribution in [0, 0.1) is 0 Å². The van der Waals surface area contributed by atoms with Gasteiger partial charge in [0.1, 0.15) is 9.84 Å². The van der Waals surface area contributed by atoms with Crippen LogP contribution in [0.4, 0.5) is 0 Å². The molecule has 0 saturated heterocycles. The Labute approximate surface area is 112 Å². The summed E-state index contributed by atoms with van der Waals surface area (Å²) in [5.74, 6) is 0.0394. The lowest BCUT2D eigenvalue weighted by molar-refractivity contribution is 0.0943. The zero-order valence-electron chi connectivity index (χ0n) is 10.3. The van der Waals surface area contributed by atoms with E-state index >= 15 is 0 Å². The maximum Gasteiger partial charge on any atom is 0.251 e. The van der Waals surface area contributed by atoms with Crippen molar-refractivity contribution in [3.63, 3.8) is 0 Å². The van der Waals surface area contributed by atoms with E-state index in [1.54, 1.807) is 31.2 Å². The van der Waals surface area contributed by atoms with E-state index in [4.69, 9.17) is 11.6 Å². The van der Waals surface area contributed by atoms with Crippen molar-refractivity contribution in [2.45, 2.75) is 18.8 Å². The molecule has 0 bridgehead atoms. The van der Waals surface area contributed by atoms with Crippen LogP contribution in [0.1, 0.15) is 22.8 Å². The fraction of sp³-hybridized carbons (Fsp3) is 0.417. The van der Waals surface area contributed by atoms with Gasteiger partial charge >= 0.3 is 0 Å². The molecule has 0 saturated carbocycles. The summed E-state index contributed by atoms with van der Waals surface area (Å²) in [4.78, 5) is 11.8. The zero-order valence-corrected chi connectivity index (χ0v) is 11.9. The SMILES string of the molecule is CC(CS(C)(=O)=O)NC(=O)c1ccc(CCl)cc1.